The van der Waals surface area contributed by atoms with Crippen molar-refractivity contribution in [3.05, 3.63) is 35.4 Å². The zero-order valence-corrected chi connectivity index (χ0v) is 12.0. The van der Waals surface area contributed by atoms with Crippen molar-refractivity contribution in [2.75, 3.05) is 11.5 Å². The molecule has 2 atom stereocenters. The fourth-order valence-corrected chi connectivity index (χ4v) is 4.63. The van der Waals surface area contributed by atoms with Gasteiger partial charge in [-0.2, -0.15) is 13.2 Å². The van der Waals surface area contributed by atoms with Crippen molar-refractivity contribution < 1.29 is 26.4 Å². The van der Waals surface area contributed by atoms with Crippen LogP contribution in [0.3, 0.4) is 0 Å². The van der Waals surface area contributed by atoms with Gasteiger partial charge in [-0.1, -0.05) is 18.2 Å². The van der Waals surface area contributed by atoms with E-state index >= 15 is 0 Å². The monoisotopic (exact) mass is 320 g/mol. The molecule has 2 rings (SSSR count). The average molecular weight is 320 g/mol. The van der Waals surface area contributed by atoms with Crippen LogP contribution >= 0.6 is 0 Å². The molecule has 1 saturated heterocycles. The lowest BCUT2D eigenvalue weighted by Gasteiger charge is -2.28. The third kappa shape index (κ3) is 3.64. The van der Waals surface area contributed by atoms with Crippen molar-refractivity contribution in [3.8, 4) is 0 Å². The fraction of sp³-hybridized carbons (Fsp3) is 0.500. The van der Waals surface area contributed by atoms with Crippen LogP contribution < -0.4 is 0 Å². The minimum absolute atomic E-state index is 0.0377. The molecule has 3 nitrogen and oxygen atoms in total. The summed E-state index contributed by atoms with van der Waals surface area (Å²) in [4.78, 5) is 11.3. The summed E-state index contributed by atoms with van der Waals surface area (Å²) in [6, 6.07) is 4.86. The lowest BCUT2D eigenvalue weighted by atomic mass is 9.83. The van der Waals surface area contributed by atoms with Crippen LogP contribution in [0.4, 0.5) is 13.2 Å². The molecule has 0 bridgehead atoms. The number of alkyl halides is 3. The molecule has 21 heavy (non-hydrogen) atoms. The number of aldehydes is 1. The van der Waals surface area contributed by atoms with Gasteiger partial charge in [-0.25, -0.2) is 8.42 Å². The van der Waals surface area contributed by atoms with Crippen LogP contribution in [0.5, 0.6) is 0 Å². The molecule has 0 aliphatic carbocycles. The number of carbonyl (C=O) groups excluding carboxylic acids is 1. The minimum Gasteiger partial charge on any atom is -0.303 e. The fourth-order valence-electron chi connectivity index (χ4n) is 2.83. The molecule has 116 valence electrons. The Balaban J connectivity index is 2.41. The van der Waals surface area contributed by atoms with E-state index in [9.17, 15) is 26.4 Å². The predicted molar refractivity (Wildman–Crippen MR) is 71.6 cm³/mol. The van der Waals surface area contributed by atoms with Crippen LogP contribution in [0, 0.1) is 5.92 Å². The van der Waals surface area contributed by atoms with Crippen LogP contribution in [0.2, 0.25) is 0 Å². The van der Waals surface area contributed by atoms with Crippen molar-refractivity contribution in [2.24, 2.45) is 5.92 Å². The molecule has 1 aromatic rings. The first kappa shape index (κ1) is 16.0. The third-order valence-electron chi connectivity index (χ3n) is 3.78. The Morgan fingerprint density at radius 3 is 2.48 bits per heavy atom. The summed E-state index contributed by atoms with van der Waals surface area (Å²) in [7, 11) is -3.28. The lowest BCUT2D eigenvalue weighted by molar-refractivity contribution is -0.138. The normalized spacial score (nSPS) is 23.5. The van der Waals surface area contributed by atoms with E-state index in [-0.39, 0.29) is 17.1 Å². The van der Waals surface area contributed by atoms with Gasteiger partial charge >= 0.3 is 6.18 Å². The Bertz CT molecular complexity index is 623. The lowest BCUT2D eigenvalue weighted by Crippen LogP contribution is -2.31. The van der Waals surface area contributed by atoms with Crippen molar-refractivity contribution in [3.63, 3.8) is 0 Å². The van der Waals surface area contributed by atoms with Gasteiger partial charge in [0.25, 0.3) is 0 Å². The predicted octanol–water partition coefficient (Wildman–Crippen LogP) is 2.81. The van der Waals surface area contributed by atoms with Crippen molar-refractivity contribution >= 4 is 16.1 Å². The maximum absolute atomic E-state index is 13.0. The molecule has 0 spiro atoms. The number of sulfone groups is 1. The summed E-state index contributed by atoms with van der Waals surface area (Å²) >= 11 is 0. The summed E-state index contributed by atoms with van der Waals surface area (Å²) in [6.45, 7) is 0. The average Bonchev–Trinajstić information content (AvgIpc) is 2.38. The standard InChI is InChI=1S/C14H15F3O3S/c15-14(16,17)13-6-2-1-5-11(13)12(8-18)10-4-3-7-21(19,20)9-10/h1-2,5-6,8,10,12H,3-4,7,9H2. The van der Waals surface area contributed by atoms with Crippen LogP contribution in [-0.4, -0.2) is 26.2 Å². The first-order valence-electron chi connectivity index (χ1n) is 6.56. The first-order chi connectivity index (χ1) is 9.74. The van der Waals surface area contributed by atoms with Gasteiger partial charge in [0.1, 0.15) is 6.29 Å². The largest absolute Gasteiger partial charge is 0.416 e. The Hall–Kier alpha value is -1.37. The number of hydrogen-bond acceptors (Lipinski definition) is 3. The molecule has 0 amide bonds. The van der Waals surface area contributed by atoms with Gasteiger partial charge in [0.05, 0.1) is 17.1 Å². The van der Waals surface area contributed by atoms with Gasteiger partial charge in [0.2, 0.25) is 0 Å². The van der Waals surface area contributed by atoms with Gasteiger partial charge in [0.15, 0.2) is 9.84 Å². The van der Waals surface area contributed by atoms with Crippen LogP contribution in [0.25, 0.3) is 0 Å². The zero-order valence-electron chi connectivity index (χ0n) is 11.1. The molecule has 1 fully saturated rings. The van der Waals surface area contributed by atoms with E-state index in [1.807, 2.05) is 0 Å². The van der Waals surface area contributed by atoms with Crippen LogP contribution in [-0.2, 0) is 20.8 Å². The molecule has 1 aliphatic rings. The molecule has 0 saturated carbocycles. The maximum Gasteiger partial charge on any atom is 0.416 e. The van der Waals surface area contributed by atoms with Crippen molar-refractivity contribution in [1.82, 2.24) is 0 Å². The number of benzene rings is 1. The molecular weight excluding hydrogens is 305 g/mol. The highest BCUT2D eigenvalue weighted by Crippen LogP contribution is 2.39. The molecule has 7 heteroatoms. The number of carbonyl (C=O) groups is 1. The SMILES string of the molecule is O=CC(c1ccccc1C(F)(F)F)C1CCCS(=O)(=O)C1. The second kappa shape index (κ2) is 5.79. The van der Waals surface area contributed by atoms with Gasteiger partial charge in [-0.05, 0) is 30.4 Å². The molecule has 1 aliphatic heterocycles. The molecule has 1 aromatic carbocycles. The minimum atomic E-state index is -4.56. The summed E-state index contributed by atoms with van der Waals surface area (Å²) in [6.07, 6.45) is -3.30. The van der Waals surface area contributed by atoms with E-state index in [0.717, 1.165) is 6.07 Å². The number of halogens is 3. The van der Waals surface area contributed by atoms with Gasteiger partial charge in [0, 0.05) is 5.92 Å². The second-order valence-corrected chi connectivity index (χ2v) is 7.49. The summed E-state index contributed by atoms with van der Waals surface area (Å²) in [5.74, 6) is -1.83. The Morgan fingerprint density at radius 2 is 1.90 bits per heavy atom. The highest BCUT2D eigenvalue weighted by atomic mass is 32.2. The first-order valence-corrected chi connectivity index (χ1v) is 8.38. The topological polar surface area (TPSA) is 51.2 Å². The van der Waals surface area contributed by atoms with E-state index in [1.54, 1.807) is 0 Å². The Morgan fingerprint density at radius 1 is 1.24 bits per heavy atom. The molecular formula is C14H15F3O3S. The van der Waals surface area contributed by atoms with Gasteiger partial charge < -0.3 is 4.79 Å². The van der Waals surface area contributed by atoms with Crippen molar-refractivity contribution in [1.29, 1.82) is 0 Å². The van der Waals surface area contributed by atoms with Gasteiger partial charge in [-0.15, -0.1) is 0 Å². The zero-order chi connectivity index (χ0) is 15.7. The Labute approximate surface area is 121 Å². The van der Waals surface area contributed by atoms with Crippen LogP contribution in [0.1, 0.15) is 29.9 Å². The van der Waals surface area contributed by atoms with E-state index < -0.39 is 33.4 Å². The number of hydrogen-bond donors (Lipinski definition) is 0. The summed E-state index contributed by atoms with van der Waals surface area (Å²) in [5, 5.41) is 0. The molecule has 0 aromatic heterocycles. The molecule has 2 unspecified atom stereocenters. The van der Waals surface area contributed by atoms with Crippen molar-refractivity contribution in [2.45, 2.75) is 24.9 Å². The molecule has 1 heterocycles. The Kier molecular flexibility index (Phi) is 4.41. The highest BCUT2D eigenvalue weighted by Gasteiger charge is 2.38. The quantitative estimate of drug-likeness (QED) is 0.805. The maximum atomic E-state index is 13.0. The van der Waals surface area contributed by atoms with E-state index in [0.29, 0.717) is 19.1 Å². The third-order valence-corrected chi connectivity index (χ3v) is 5.62. The second-order valence-electron chi connectivity index (χ2n) is 5.26. The molecule has 0 N–H and O–H groups in total. The molecule has 0 radical (unpaired) electrons. The van der Waals surface area contributed by atoms with E-state index in [4.69, 9.17) is 0 Å². The van der Waals surface area contributed by atoms with Gasteiger partial charge in [-0.3, -0.25) is 0 Å². The van der Waals surface area contributed by atoms with E-state index in [2.05, 4.69) is 0 Å². The summed E-state index contributed by atoms with van der Waals surface area (Å²) < 4.78 is 62.4. The highest BCUT2D eigenvalue weighted by molar-refractivity contribution is 7.91. The van der Waals surface area contributed by atoms with E-state index in [1.165, 1.54) is 18.2 Å². The van der Waals surface area contributed by atoms with Crippen LogP contribution in [0.15, 0.2) is 24.3 Å². The number of rotatable bonds is 3. The smallest absolute Gasteiger partial charge is 0.303 e. The summed E-state index contributed by atoms with van der Waals surface area (Å²) in [5.41, 5.74) is -1.01.